The molecule has 0 unspecified atom stereocenters. The zero-order chi connectivity index (χ0) is 8.27. The van der Waals surface area contributed by atoms with Crippen LogP contribution in [-0.4, -0.2) is 13.1 Å². The smallest absolute Gasteiger partial charge is 0.338 e. The normalized spacial score (nSPS) is 8.50. The van der Waals surface area contributed by atoms with Crippen LogP contribution in [0.3, 0.4) is 0 Å². The fraction of sp³-hybridized carbons (Fsp3) is 0.125. The number of benzene rings is 1. The quantitative estimate of drug-likeness (QED) is 0.583. The fourth-order valence-corrected chi connectivity index (χ4v) is 1.34. The molecule has 66 valence electrons. The minimum absolute atomic E-state index is 0. The summed E-state index contributed by atoms with van der Waals surface area (Å²) in [6, 6.07) is 7.31. The summed E-state index contributed by atoms with van der Waals surface area (Å²) in [7, 11) is 1.38. The molecule has 12 heavy (non-hydrogen) atoms. The average molecular weight is 282 g/mol. The number of carbonyl (C=O) groups excluding carboxylic acids is 1. The maximum atomic E-state index is 11.0. The third kappa shape index (κ3) is 2.44. The molecule has 0 N–H and O–H groups in total. The summed E-state index contributed by atoms with van der Waals surface area (Å²) in [6.07, 6.45) is 0. The molecule has 2 nitrogen and oxygen atoms in total. The second kappa shape index (κ2) is 5.08. The van der Waals surface area contributed by atoms with Crippen molar-refractivity contribution >= 4 is 28.6 Å². The van der Waals surface area contributed by atoms with Gasteiger partial charge in [0.1, 0.15) is 0 Å². The molecule has 0 aliphatic heterocycles. The number of hydrogen-bond acceptors (Lipinski definition) is 2. The highest BCUT2D eigenvalue weighted by Crippen LogP contribution is 2.11. The van der Waals surface area contributed by atoms with Crippen molar-refractivity contribution in [1.82, 2.24) is 0 Å². The van der Waals surface area contributed by atoms with Gasteiger partial charge in [-0.05, 0) is 34.7 Å². The molecular formula is C8H8FIO2. The molecule has 0 atom stereocenters. The maximum absolute atomic E-state index is 11.0. The van der Waals surface area contributed by atoms with E-state index in [4.69, 9.17) is 0 Å². The number of methoxy groups -OCH3 is 1. The lowest BCUT2D eigenvalue weighted by Crippen LogP contribution is -2.02. The van der Waals surface area contributed by atoms with Crippen molar-refractivity contribution in [2.75, 3.05) is 7.11 Å². The second-order valence-corrected chi connectivity index (χ2v) is 3.13. The van der Waals surface area contributed by atoms with E-state index in [1.807, 2.05) is 18.2 Å². The molecule has 0 aliphatic carbocycles. The molecule has 0 aromatic heterocycles. The van der Waals surface area contributed by atoms with Gasteiger partial charge in [-0.3, -0.25) is 4.70 Å². The van der Waals surface area contributed by atoms with Crippen LogP contribution in [0.5, 0.6) is 0 Å². The summed E-state index contributed by atoms with van der Waals surface area (Å²) < 4.78 is 5.49. The molecule has 1 aromatic carbocycles. The molecule has 1 aromatic rings. The Bertz CT molecular complexity index is 276. The van der Waals surface area contributed by atoms with Gasteiger partial charge in [-0.1, -0.05) is 12.1 Å². The molecule has 0 radical (unpaired) electrons. The van der Waals surface area contributed by atoms with E-state index in [0.29, 0.717) is 5.56 Å². The first-order valence-corrected chi connectivity index (χ1v) is 4.16. The molecule has 0 aliphatic rings. The number of esters is 1. The SMILES string of the molecule is COC(=O)c1ccccc1I.F. The van der Waals surface area contributed by atoms with E-state index in [9.17, 15) is 4.79 Å². The summed E-state index contributed by atoms with van der Waals surface area (Å²) in [4.78, 5) is 11.0. The van der Waals surface area contributed by atoms with E-state index >= 15 is 0 Å². The van der Waals surface area contributed by atoms with Gasteiger partial charge in [0.15, 0.2) is 0 Å². The van der Waals surface area contributed by atoms with Crippen LogP contribution in [0.2, 0.25) is 0 Å². The van der Waals surface area contributed by atoms with Gasteiger partial charge >= 0.3 is 5.97 Å². The van der Waals surface area contributed by atoms with Crippen molar-refractivity contribution in [3.05, 3.63) is 33.4 Å². The van der Waals surface area contributed by atoms with Gasteiger partial charge in [-0.25, -0.2) is 4.79 Å². The van der Waals surface area contributed by atoms with Crippen molar-refractivity contribution < 1.29 is 14.2 Å². The van der Waals surface area contributed by atoms with E-state index in [1.54, 1.807) is 6.07 Å². The van der Waals surface area contributed by atoms with E-state index in [-0.39, 0.29) is 10.7 Å². The molecular weight excluding hydrogens is 274 g/mol. The lowest BCUT2D eigenvalue weighted by Gasteiger charge is -1.99. The van der Waals surface area contributed by atoms with Crippen molar-refractivity contribution in [1.29, 1.82) is 0 Å². The number of rotatable bonds is 1. The summed E-state index contributed by atoms with van der Waals surface area (Å²) in [5.74, 6) is -0.282. The molecule has 0 amide bonds. The van der Waals surface area contributed by atoms with Gasteiger partial charge in [-0.2, -0.15) is 0 Å². The van der Waals surface area contributed by atoms with E-state index in [1.165, 1.54) is 7.11 Å². The first kappa shape index (κ1) is 11.4. The Hall–Kier alpha value is -0.650. The number of halogens is 2. The van der Waals surface area contributed by atoms with E-state index in [0.717, 1.165) is 3.57 Å². The molecule has 0 spiro atoms. The third-order valence-electron chi connectivity index (χ3n) is 1.28. The number of ether oxygens (including phenoxy) is 1. The van der Waals surface area contributed by atoms with Crippen LogP contribution >= 0.6 is 22.6 Å². The van der Waals surface area contributed by atoms with Crippen LogP contribution in [0, 0.1) is 3.57 Å². The topological polar surface area (TPSA) is 26.3 Å². The third-order valence-corrected chi connectivity index (χ3v) is 2.22. The molecule has 1 rings (SSSR count). The van der Waals surface area contributed by atoms with Gasteiger partial charge in [0.25, 0.3) is 0 Å². The largest absolute Gasteiger partial charge is 0.465 e. The Morgan fingerprint density at radius 3 is 2.50 bits per heavy atom. The summed E-state index contributed by atoms with van der Waals surface area (Å²) in [5, 5.41) is 0. The Morgan fingerprint density at radius 2 is 2.00 bits per heavy atom. The van der Waals surface area contributed by atoms with E-state index in [2.05, 4.69) is 27.3 Å². The zero-order valence-electron chi connectivity index (χ0n) is 6.41. The highest BCUT2D eigenvalue weighted by atomic mass is 127. The van der Waals surface area contributed by atoms with Gasteiger partial charge in [0.05, 0.1) is 12.7 Å². The first-order valence-electron chi connectivity index (χ1n) is 3.08. The van der Waals surface area contributed by atoms with Crippen molar-refractivity contribution in [3.8, 4) is 0 Å². The Labute approximate surface area is 83.4 Å². The first-order chi connectivity index (χ1) is 5.25. The Kier molecular flexibility index (Phi) is 4.80. The van der Waals surface area contributed by atoms with Crippen LogP contribution in [0.25, 0.3) is 0 Å². The van der Waals surface area contributed by atoms with Crippen molar-refractivity contribution in [2.45, 2.75) is 0 Å². The van der Waals surface area contributed by atoms with E-state index < -0.39 is 0 Å². The second-order valence-electron chi connectivity index (χ2n) is 1.97. The molecule has 4 heteroatoms. The van der Waals surface area contributed by atoms with Crippen molar-refractivity contribution in [3.63, 3.8) is 0 Å². The van der Waals surface area contributed by atoms with Crippen LogP contribution in [0.1, 0.15) is 10.4 Å². The summed E-state index contributed by atoms with van der Waals surface area (Å²) in [5.41, 5.74) is 0.621. The van der Waals surface area contributed by atoms with Crippen molar-refractivity contribution in [2.24, 2.45) is 0 Å². The lowest BCUT2D eigenvalue weighted by atomic mass is 10.2. The van der Waals surface area contributed by atoms with Crippen LogP contribution < -0.4 is 0 Å². The number of carbonyl (C=O) groups is 1. The Morgan fingerprint density at radius 1 is 1.42 bits per heavy atom. The number of hydrogen-bond donors (Lipinski definition) is 0. The zero-order valence-corrected chi connectivity index (χ0v) is 8.57. The fourth-order valence-electron chi connectivity index (χ4n) is 0.737. The molecule has 0 fully saturated rings. The molecule has 0 heterocycles. The molecule has 0 saturated heterocycles. The van der Waals surface area contributed by atoms with Gasteiger partial charge in [0.2, 0.25) is 0 Å². The highest BCUT2D eigenvalue weighted by Gasteiger charge is 2.07. The highest BCUT2D eigenvalue weighted by molar-refractivity contribution is 14.1. The maximum Gasteiger partial charge on any atom is 0.338 e. The average Bonchev–Trinajstić information content (AvgIpc) is 2.04. The van der Waals surface area contributed by atoms with Crippen LogP contribution in [0.4, 0.5) is 4.70 Å². The standard InChI is InChI=1S/C8H7IO2.FH/c1-11-8(10)6-4-2-3-5-7(6)9;/h2-5H,1H3;1H. The predicted octanol–water partition coefficient (Wildman–Crippen LogP) is 2.23. The van der Waals surface area contributed by atoms with Gasteiger partial charge < -0.3 is 4.74 Å². The van der Waals surface area contributed by atoms with Crippen LogP contribution in [0.15, 0.2) is 24.3 Å². The Balaban J connectivity index is 0.00000121. The molecule has 0 bridgehead atoms. The lowest BCUT2D eigenvalue weighted by molar-refractivity contribution is 0.0599. The van der Waals surface area contributed by atoms with Gasteiger partial charge in [-0.15, -0.1) is 0 Å². The minimum Gasteiger partial charge on any atom is -0.465 e. The summed E-state index contributed by atoms with van der Waals surface area (Å²) >= 11 is 2.10. The molecule has 0 saturated carbocycles. The van der Waals surface area contributed by atoms with Gasteiger partial charge in [0, 0.05) is 3.57 Å². The predicted molar refractivity (Wildman–Crippen MR) is 53.0 cm³/mol. The minimum atomic E-state index is -0.282. The van der Waals surface area contributed by atoms with Crippen LogP contribution in [-0.2, 0) is 4.74 Å². The summed E-state index contributed by atoms with van der Waals surface area (Å²) in [6.45, 7) is 0. The monoisotopic (exact) mass is 282 g/mol.